The van der Waals surface area contributed by atoms with Crippen molar-refractivity contribution in [3.63, 3.8) is 0 Å². The highest BCUT2D eigenvalue weighted by Gasteiger charge is 2.32. The topological polar surface area (TPSA) is 32.3 Å². The summed E-state index contributed by atoms with van der Waals surface area (Å²) in [6.45, 7) is 5.11. The van der Waals surface area contributed by atoms with Crippen molar-refractivity contribution in [3.8, 4) is 12.3 Å². The molecule has 0 unspecified atom stereocenters. The van der Waals surface area contributed by atoms with Crippen molar-refractivity contribution in [1.82, 2.24) is 5.32 Å². The Hall–Kier alpha value is -0.520. The standard InChI is InChI=1S/C13H23NO/c1-4-12(2,3)14-10-13(11-15)8-6-5-7-9-13/h1,14-15H,5-11H2,2-3H3. The maximum absolute atomic E-state index is 9.52. The summed E-state index contributed by atoms with van der Waals surface area (Å²) in [4.78, 5) is 0. The molecule has 1 aliphatic rings. The molecule has 0 aromatic heterocycles. The molecule has 0 radical (unpaired) electrons. The Kier molecular flexibility index (Phi) is 4.19. The zero-order chi connectivity index (χ0) is 11.4. The Balaban J connectivity index is 2.50. The molecule has 0 aliphatic heterocycles. The van der Waals surface area contributed by atoms with E-state index in [-0.39, 0.29) is 17.6 Å². The van der Waals surface area contributed by atoms with Crippen LogP contribution in [-0.2, 0) is 0 Å². The molecular weight excluding hydrogens is 186 g/mol. The van der Waals surface area contributed by atoms with Crippen molar-refractivity contribution < 1.29 is 5.11 Å². The van der Waals surface area contributed by atoms with E-state index in [0.717, 1.165) is 19.4 Å². The largest absolute Gasteiger partial charge is 0.396 e. The molecule has 0 heterocycles. The van der Waals surface area contributed by atoms with Crippen LogP contribution >= 0.6 is 0 Å². The number of aliphatic hydroxyl groups excluding tert-OH is 1. The Morgan fingerprint density at radius 3 is 2.40 bits per heavy atom. The van der Waals surface area contributed by atoms with Crippen LogP contribution in [0.1, 0.15) is 46.0 Å². The van der Waals surface area contributed by atoms with Crippen molar-refractivity contribution in [2.45, 2.75) is 51.5 Å². The van der Waals surface area contributed by atoms with Crippen LogP contribution in [-0.4, -0.2) is 23.8 Å². The Morgan fingerprint density at radius 2 is 1.93 bits per heavy atom. The smallest absolute Gasteiger partial charge is 0.0741 e. The molecule has 0 amide bonds. The van der Waals surface area contributed by atoms with Gasteiger partial charge in [-0.1, -0.05) is 25.2 Å². The van der Waals surface area contributed by atoms with Crippen molar-refractivity contribution in [1.29, 1.82) is 0 Å². The minimum Gasteiger partial charge on any atom is -0.396 e. The molecule has 15 heavy (non-hydrogen) atoms. The van der Waals surface area contributed by atoms with Crippen LogP contribution in [0.3, 0.4) is 0 Å². The fourth-order valence-electron chi connectivity index (χ4n) is 2.15. The second-order valence-corrected chi connectivity index (χ2v) is 5.34. The summed E-state index contributed by atoms with van der Waals surface area (Å²) in [5.74, 6) is 2.73. The Bertz CT molecular complexity index is 233. The maximum Gasteiger partial charge on any atom is 0.0741 e. The zero-order valence-electron chi connectivity index (χ0n) is 9.97. The van der Waals surface area contributed by atoms with Crippen LogP contribution < -0.4 is 5.32 Å². The van der Waals surface area contributed by atoms with Gasteiger partial charge in [-0.3, -0.25) is 0 Å². The van der Waals surface area contributed by atoms with Gasteiger partial charge in [0.25, 0.3) is 0 Å². The van der Waals surface area contributed by atoms with Crippen molar-refractivity contribution >= 4 is 0 Å². The van der Waals surface area contributed by atoms with Crippen LogP contribution in [0.2, 0.25) is 0 Å². The molecule has 1 rings (SSSR count). The van der Waals surface area contributed by atoms with Gasteiger partial charge >= 0.3 is 0 Å². The van der Waals surface area contributed by atoms with E-state index >= 15 is 0 Å². The second kappa shape index (κ2) is 5.01. The zero-order valence-corrected chi connectivity index (χ0v) is 9.97. The van der Waals surface area contributed by atoms with Crippen LogP contribution in [0, 0.1) is 17.8 Å². The van der Waals surface area contributed by atoms with Gasteiger partial charge in [0.2, 0.25) is 0 Å². The lowest BCUT2D eigenvalue weighted by Crippen LogP contribution is -2.47. The van der Waals surface area contributed by atoms with E-state index in [1.807, 2.05) is 13.8 Å². The average molecular weight is 209 g/mol. The summed E-state index contributed by atoms with van der Waals surface area (Å²) in [6, 6.07) is 0. The lowest BCUT2D eigenvalue weighted by Gasteiger charge is -2.38. The maximum atomic E-state index is 9.52. The predicted octanol–water partition coefficient (Wildman–Crippen LogP) is 1.93. The quantitative estimate of drug-likeness (QED) is 0.693. The third-order valence-corrected chi connectivity index (χ3v) is 3.52. The number of nitrogens with one attached hydrogen (secondary N) is 1. The van der Waals surface area contributed by atoms with Gasteiger partial charge in [0, 0.05) is 18.6 Å². The SMILES string of the molecule is C#CC(C)(C)NCC1(CO)CCCCC1. The molecule has 2 N–H and O–H groups in total. The molecule has 2 nitrogen and oxygen atoms in total. The van der Waals surface area contributed by atoms with Crippen LogP contribution in [0.4, 0.5) is 0 Å². The third-order valence-electron chi connectivity index (χ3n) is 3.52. The normalized spacial score (nSPS) is 20.9. The molecule has 1 fully saturated rings. The van der Waals surface area contributed by atoms with Crippen LogP contribution in [0.25, 0.3) is 0 Å². The molecule has 0 aromatic rings. The molecule has 0 spiro atoms. The molecule has 0 aromatic carbocycles. The summed E-state index contributed by atoms with van der Waals surface area (Å²) in [5, 5.41) is 12.9. The third kappa shape index (κ3) is 3.52. The monoisotopic (exact) mass is 209 g/mol. The average Bonchev–Trinajstić information content (AvgIpc) is 2.28. The summed E-state index contributed by atoms with van der Waals surface area (Å²) < 4.78 is 0. The lowest BCUT2D eigenvalue weighted by molar-refractivity contribution is 0.0768. The first-order valence-electron chi connectivity index (χ1n) is 5.87. The van der Waals surface area contributed by atoms with Gasteiger partial charge in [-0.05, 0) is 26.7 Å². The van der Waals surface area contributed by atoms with Gasteiger partial charge in [-0.25, -0.2) is 0 Å². The Morgan fingerprint density at radius 1 is 1.33 bits per heavy atom. The highest BCUT2D eigenvalue weighted by molar-refractivity contribution is 5.08. The van der Waals surface area contributed by atoms with Crippen molar-refractivity contribution in [2.75, 3.05) is 13.2 Å². The highest BCUT2D eigenvalue weighted by Crippen LogP contribution is 2.35. The van der Waals surface area contributed by atoms with Gasteiger partial charge in [0.05, 0.1) is 5.54 Å². The number of rotatable bonds is 4. The number of hydrogen-bond donors (Lipinski definition) is 2. The van der Waals surface area contributed by atoms with Crippen molar-refractivity contribution in [2.24, 2.45) is 5.41 Å². The molecule has 1 saturated carbocycles. The van der Waals surface area contributed by atoms with Gasteiger partial charge in [-0.15, -0.1) is 6.42 Å². The minimum absolute atomic E-state index is 0.0758. The predicted molar refractivity (Wildman–Crippen MR) is 63.5 cm³/mol. The summed E-state index contributed by atoms with van der Waals surface area (Å²) in [6.07, 6.45) is 11.5. The van der Waals surface area contributed by atoms with Gasteiger partial charge in [-0.2, -0.15) is 0 Å². The van der Waals surface area contributed by atoms with Gasteiger partial charge in [0.15, 0.2) is 0 Å². The van der Waals surface area contributed by atoms with E-state index in [9.17, 15) is 5.11 Å². The van der Waals surface area contributed by atoms with Crippen LogP contribution in [0.15, 0.2) is 0 Å². The van der Waals surface area contributed by atoms with Gasteiger partial charge < -0.3 is 10.4 Å². The van der Waals surface area contributed by atoms with E-state index in [1.54, 1.807) is 0 Å². The lowest BCUT2D eigenvalue weighted by atomic mass is 9.74. The molecule has 86 valence electrons. The first kappa shape index (κ1) is 12.5. The first-order valence-corrected chi connectivity index (χ1v) is 5.87. The Labute approximate surface area is 93.5 Å². The highest BCUT2D eigenvalue weighted by atomic mass is 16.3. The van der Waals surface area contributed by atoms with Gasteiger partial charge in [0.1, 0.15) is 0 Å². The summed E-state index contributed by atoms with van der Waals surface area (Å²) in [7, 11) is 0. The van der Waals surface area contributed by atoms with E-state index in [1.165, 1.54) is 19.3 Å². The molecule has 1 aliphatic carbocycles. The minimum atomic E-state index is -0.264. The van der Waals surface area contributed by atoms with Crippen molar-refractivity contribution in [3.05, 3.63) is 0 Å². The fourth-order valence-corrected chi connectivity index (χ4v) is 2.15. The molecule has 0 saturated heterocycles. The van der Waals surface area contributed by atoms with E-state index in [4.69, 9.17) is 6.42 Å². The molecule has 0 atom stereocenters. The first-order chi connectivity index (χ1) is 7.04. The molecule has 2 heteroatoms. The van der Waals surface area contributed by atoms with Crippen LogP contribution in [0.5, 0.6) is 0 Å². The number of aliphatic hydroxyl groups is 1. The van der Waals surface area contributed by atoms with E-state index in [0.29, 0.717) is 0 Å². The second-order valence-electron chi connectivity index (χ2n) is 5.34. The summed E-state index contributed by atoms with van der Waals surface area (Å²) in [5.41, 5.74) is -0.189. The summed E-state index contributed by atoms with van der Waals surface area (Å²) >= 11 is 0. The van der Waals surface area contributed by atoms with E-state index < -0.39 is 0 Å². The molecular formula is C13H23NO. The van der Waals surface area contributed by atoms with E-state index in [2.05, 4.69) is 11.2 Å². The number of hydrogen-bond acceptors (Lipinski definition) is 2. The molecule has 0 bridgehead atoms. The number of terminal acetylenes is 1. The fraction of sp³-hybridized carbons (Fsp3) is 0.846.